The number of carboxylic acids is 1. The maximum absolute atomic E-state index is 11.4. The number of anilines is 2. The van der Waals surface area contributed by atoms with Gasteiger partial charge < -0.3 is 0 Å². The molecule has 9 heteroatoms. The summed E-state index contributed by atoms with van der Waals surface area (Å²) in [6, 6.07) is 3.53. The van der Waals surface area contributed by atoms with Crippen LogP contribution in [0.25, 0.3) is 0 Å². The van der Waals surface area contributed by atoms with Gasteiger partial charge in [-0.25, -0.2) is 0 Å². The molecular formula is C10H13AsN2O6. The Balaban J connectivity index is 2.78. The van der Waals surface area contributed by atoms with E-state index in [9.17, 15) is 13.3 Å². The molecule has 1 aromatic carbocycles. The number of nitrogens with one attached hydrogen (secondary N) is 1. The zero-order valence-corrected chi connectivity index (χ0v) is 11.6. The Morgan fingerprint density at radius 3 is 2.37 bits per heavy atom. The van der Waals surface area contributed by atoms with Crippen LogP contribution in [0.1, 0.15) is 12.8 Å². The zero-order valence-electron chi connectivity index (χ0n) is 9.74. The van der Waals surface area contributed by atoms with Gasteiger partial charge in [0.1, 0.15) is 0 Å². The third kappa shape index (κ3) is 4.78. The van der Waals surface area contributed by atoms with Gasteiger partial charge in [-0.05, 0) is 0 Å². The van der Waals surface area contributed by atoms with E-state index in [1.54, 1.807) is 0 Å². The van der Waals surface area contributed by atoms with Gasteiger partial charge in [-0.3, -0.25) is 0 Å². The number of rotatable bonds is 5. The van der Waals surface area contributed by atoms with Gasteiger partial charge in [-0.2, -0.15) is 0 Å². The number of benzene rings is 1. The number of carbonyl (C=O) groups is 2. The van der Waals surface area contributed by atoms with E-state index >= 15 is 0 Å². The number of amides is 1. The van der Waals surface area contributed by atoms with Crippen molar-refractivity contribution in [1.29, 1.82) is 0 Å². The van der Waals surface area contributed by atoms with Crippen LogP contribution in [0.4, 0.5) is 11.4 Å². The van der Waals surface area contributed by atoms with Crippen molar-refractivity contribution in [3.8, 4) is 0 Å². The van der Waals surface area contributed by atoms with Gasteiger partial charge in [0.25, 0.3) is 0 Å². The van der Waals surface area contributed by atoms with E-state index in [0.29, 0.717) is 0 Å². The topological polar surface area (TPSA) is 150 Å². The van der Waals surface area contributed by atoms with Gasteiger partial charge in [0.2, 0.25) is 0 Å². The van der Waals surface area contributed by atoms with Crippen molar-refractivity contribution in [3.63, 3.8) is 0 Å². The summed E-state index contributed by atoms with van der Waals surface area (Å²) in [5, 5.41) is 10.8. The van der Waals surface area contributed by atoms with Crippen LogP contribution < -0.4 is 15.4 Å². The first-order valence-corrected chi connectivity index (χ1v) is 8.55. The molecule has 6 N–H and O–H groups in total. The van der Waals surface area contributed by atoms with E-state index in [-0.39, 0.29) is 28.6 Å². The summed E-state index contributed by atoms with van der Waals surface area (Å²) in [5.41, 5.74) is 5.75. The molecule has 0 aliphatic carbocycles. The number of nitrogens with two attached hydrogens (primary N) is 1. The summed E-state index contributed by atoms with van der Waals surface area (Å²) >= 11 is -5.01. The van der Waals surface area contributed by atoms with Gasteiger partial charge in [-0.15, -0.1) is 0 Å². The predicted octanol–water partition coefficient (Wildman–Crippen LogP) is -1.37. The molecule has 0 bridgehead atoms. The average Bonchev–Trinajstić information content (AvgIpc) is 2.27. The van der Waals surface area contributed by atoms with Crippen LogP contribution in [0.5, 0.6) is 0 Å². The molecule has 1 rings (SSSR count). The summed E-state index contributed by atoms with van der Waals surface area (Å²) in [4.78, 5) is 21.7. The van der Waals surface area contributed by atoms with Crippen LogP contribution in [0, 0.1) is 0 Å². The predicted molar refractivity (Wildman–Crippen MR) is 66.9 cm³/mol. The van der Waals surface area contributed by atoms with Gasteiger partial charge >= 0.3 is 110 Å². The van der Waals surface area contributed by atoms with Crippen molar-refractivity contribution in [2.75, 3.05) is 11.1 Å². The summed E-state index contributed by atoms with van der Waals surface area (Å²) in [6.45, 7) is 0. The van der Waals surface area contributed by atoms with Crippen molar-refractivity contribution in [2.24, 2.45) is 0 Å². The van der Waals surface area contributed by atoms with E-state index in [0.717, 1.165) is 6.07 Å². The van der Waals surface area contributed by atoms with Gasteiger partial charge in [0.05, 0.1) is 0 Å². The Bertz CT molecular complexity index is 553. The van der Waals surface area contributed by atoms with Crippen molar-refractivity contribution >= 4 is 41.8 Å². The summed E-state index contributed by atoms with van der Waals surface area (Å²) in [7, 11) is 0. The molecule has 104 valence electrons. The van der Waals surface area contributed by atoms with Crippen LogP contribution in [-0.4, -0.2) is 39.3 Å². The van der Waals surface area contributed by atoms with Gasteiger partial charge in [0.15, 0.2) is 0 Å². The molecule has 0 spiro atoms. The number of hydrogen-bond donors (Lipinski definition) is 5. The SMILES string of the molecule is Nc1cc([As](=O)(O)O)ccc1NC(=O)CCC(=O)O. The van der Waals surface area contributed by atoms with E-state index in [2.05, 4.69) is 5.32 Å². The number of carbonyl (C=O) groups excluding carboxylic acids is 1. The molecule has 1 amide bonds. The second-order valence-electron chi connectivity index (χ2n) is 3.76. The third-order valence-corrected chi connectivity index (χ3v) is 4.21. The molecular weight excluding hydrogens is 319 g/mol. The molecule has 0 atom stereocenters. The molecule has 1 aromatic rings. The van der Waals surface area contributed by atoms with Gasteiger partial charge in [-0.1, -0.05) is 0 Å². The van der Waals surface area contributed by atoms with E-state index in [1.807, 2.05) is 0 Å². The average molecular weight is 332 g/mol. The Kier molecular flexibility index (Phi) is 4.77. The fourth-order valence-corrected chi connectivity index (χ4v) is 2.49. The molecule has 0 aromatic heterocycles. The minimum absolute atomic E-state index is 0.00547. The summed E-state index contributed by atoms with van der Waals surface area (Å²) < 4.78 is 28.8. The molecule has 0 aliphatic heterocycles. The Morgan fingerprint density at radius 1 is 1.26 bits per heavy atom. The second-order valence-corrected chi connectivity index (χ2v) is 7.12. The van der Waals surface area contributed by atoms with Crippen molar-refractivity contribution in [2.45, 2.75) is 12.8 Å². The fraction of sp³-hybridized carbons (Fsp3) is 0.200. The van der Waals surface area contributed by atoms with Crippen molar-refractivity contribution in [1.82, 2.24) is 0 Å². The number of hydrogen-bond acceptors (Lipinski definition) is 4. The first-order chi connectivity index (χ1) is 8.70. The quantitative estimate of drug-likeness (QED) is 0.330. The molecule has 8 nitrogen and oxygen atoms in total. The first-order valence-electron chi connectivity index (χ1n) is 5.17. The van der Waals surface area contributed by atoms with Crippen molar-refractivity contribution in [3.05, 3.63) is 18.2 Å². The molecule has 0 heterocycles. The molecule has 0 unspecified atom stereocenters. The normalized spacial score (nSPS) is 11.1. The molecule has 0 fully saturated rings. The van der Waals surface area contributed by atoms with Crippen LogP contribution in [0.3, 0.4) is 0 Å². The Morgan fingerprint density at radius 2 is 1.89 bits per heavy atom. The van der Waals surface area contributed by atoms with E-state index in [1.165, 1.54) is 12.1 Å². The molecule has 0 radical (unpaired) electrons. The number of nitrogen functional groups attached to an aromatic ring is 1. The second kappa shape index (κ2) is 5.92. The third-order valence-electron chi connectivity index (χ3n) is 2.21. The van der Waals surface area contributed by atoms with Crippen LogP contribution >= 0.6 is 0 Å². The molecule has 0 aliphatic rings. The van der Waals surface area contributed by atoms with Crippen LogP contribution in [0.2, 0.25) is 0 Å². The number of carboxylic acid groups (broad SMARTS) is 1. The number of aliphatic carboxylic acids is 1. The van der Waals surface area contributed by atoms with E-state index in [4.69, 9.17) is 19.0 Å². The van der Waals surface area contributed by atoms with Crippen LogP contribution in [-0.2, 0) is 13.3 Å². The van der Waals surface area contributed by atoms with Gasteiger partial charge in [0, 0.05) is 0 Å². The van der Waals surface area contributed by atoms with Crippen molar-refractivity contribution < 1.29 is 26.6 Å². The fourth-order valence-electron chi connectivity index (χ4n) is 1.28. The molecule has 0 saturated carbocycles. The molecule has 0 saturated heterocycles. The van der Waals surface area contributed by atoms with E-state index < -0.39 is 26.0 Å². The maximum atomic E-state index is 11.4. The Labute approximate surface area is 111 Å². The molecule has 19 heavy (non-hydrogen) atoms. The summed E-state index contributed by atoms with van der Waals surface area (Å²) in [6.07, 6.45) is -0.520. The monoisotopic (exact) mass is 332 g/mol. The first kappa shape index (κ1) is 15.3. The van der Waals surface area contributed by atoms with Crippen LogP contribution in [0.15, 0.2) is 18.2 Å². The zero-order chi connectivity index (χ0) is 14.6. The summed E-state index contributed by atoms with van der Waals surface area (Å²) in [5.74, 6) is -1.63. The minimum atomic E-state index is -5.01. The Hall–Kier alpha value is -1.76. The standard InChI is InChI=1S/C10H13AsN2O6/c12-7-5-6(11(17,18)19)1-2-8(7)13-9(14)3-4-10(15)16/h1-2,5H,3-4,12H2,(H,13,14)(H,15,16)(H2,17,18,19).